The second-order valence-corrected chi connectivity index (χ2v) is 5.49. The van der Waals surface area contributed by atoms with Gasteiger partial charge in [-0.1, -0.05) is 64.5 Å². The van der Waals surface area contributed by atoms with E-state index in [1.807, 2.05) is 0 Å². The monoisotopic (exact) mass is 296 g/mol. The van der Waals surface area contributed by atoms with Gasteiger partial charge in [-0.05, 0) is 19.8 Å². The van der Waals surface area contributed by atoms with E-state index in [2.05, 4.69) is 13.2 Å². The molecule has 21 heavy (non-hydrogen) atoms. The van der Waals surface area contributed by atoms with Gasteiger partial charge in [-0.3, -0.25) is 0 Å². The van der Waals surface area contributed by atoms with Crippen molar-refractivity contribution < 1.29 is 14.3 Å². The van der Waals surface area contributed by atoms with Crippen LogP contribution in [0.1, 0.15) is 71.1 Å². The molecular weight excluding hydrogens is 264 g/mol. The summed E-state index contributed by atoms with van der Waals surface area (Å²) in [6.07, 6.45) is 13.8. The summed E-state index contributed by atoms with van der Waals surface area (Å²) < 4.78 is 10.1. The lowest BCUT2D eigenvalue weighted by molar-refractivity contribution is -0.139. The van der Waals surface area contributed by atoms with Gasteiger partial charge in [0.1, 0.15) is 0 Å². The van der Waals surface area contributed by atoms with E-state index in [0.717, 1.165) is 25.9 Å². The van der Waals surface area contributed by atoms with Crippen LogP contribution in [0.2, 0.25) is 0 Å². The van der Waals surface area contributed by atoms with Crippen LogP contribution in [0.4, 0.5) is 0 Å². The van der Waals surface area contributed by atoms with Crippen molar-refractivity contribution >= 4 is 5.97 Å². The van der Waals surface area contributed by atoms with Gasteiger partial charge >= 0.3 is 5.97 Å². The zero-order chi connectivity index (χ0) is 15.8. The van der Waals surface area contributed by atoms with Gasteiger partial charge in [0.05, 0.1) is 19.5 Å². The number of unbranched alkanes of at least 4 members (excludes halogenated alkanes) is 9. The minimum atomic E-state index is -0.270. The van der Waals surface area contributed by atoms with Crippen LogP contribution >= 0.6 is 0 Å². The van der Waals surface area contributed by atoms with Crippen molar-refractivity contribution in [2.45, 2.75) is 71.1 Å². The van der Waals surface area contributed by atoms with Gasteiger partial charge in [-0.15, -0.1) is 0 Å². The number of carbonyl (C=O) groups is 1. The van der Waals surface area contributed by atoms with Gasteiger partial charge in [-0.2, -0.15) is 0 Å². The molecular formula is C18H32O3. The van der Waals surface area contributed by atoms with Crippen molar-refractivity contribution in [1.82, 2.24) is 0 Å². The summed E-state index contributed by atoms with van der Waals surface area (Å²) in [5.41, 5.74) is 0.478. The number of esters is 1. The second-order valence-electron chi connectivity index (χ2n) is 5.49. The first-order chi connectivity index (χ1) is 10.2. The van der Waals surface area contributed by atoms with E-state index in [1.54, 1.807) is 6.92 Å². The predicted octanol–water partition coefficient (Wildman–Crippen LogP) is 5.17. The Morgan fingerprint density at radius 1 is 0.857 bits per heavy atom. The summed E-state index contributed by atoms with van der Waals surface area (Å²) >= 11 is 0. The van der Waals surface area contributed by atoms with Crippen LogP contribution in [-0.2, 0) is 14.3 Å². The van der Waals surface area contributed by atoms with E-state index >= 15 is 0 Å². The predicted molar refractivity (Wildman–Crippen MR) is 88.1 cm³/mol. The summed E-state index contributed by atoms with van der Waals surface area (Å²) in [7, 11) is 0. The third kappa shape index (κ3) is 15.0. The largest absolute Gasteiger partial charge is 0.502 e. The Balaban J connectivity index is 3.07. The average molecular weight is 296 g/mol. The molecule has 0 saturated heterocycles. The maximum atomic E-state index is 11.1. The molecule has 0 heterocycles. The summed E-state index contributed by atoms with van der Waals surface area (Å²) in [6.45, 7) is 10.1. The Morgan fingerprint density at radius 3 is 1.71 bits per heavy atom. The van der Waals surface area contributed by atoms with E-state index in [1.165, 1.54) is 51.2 Å². The molecule has 3 nitrogen and oxygen atoms in total. The third-order valence-corrected chi connectivity index (χ3v) is 3.36. The van der Waals surface area contributed by atoms with E-state index in [9.17, 15) is 4.79 Å². The molecule has 0 unspecified atom stereocenters. The number of hydrogen-bond acceptors (Lipinski definition) is 3. The fourth-order valence-corrected chi connectivity index (χ4v) is 2.07. The van der Waals surface area contributed by atoms with Crippen molar-refractivity contribution in [2.75, 3.05) is 13.2 Å². The Bertz CT molecular complexity index is 284. The number of rotatable bonds is 15. The van der Waals surface area contributed by atoms with Crippen molar-refractivity contribution in [3.63, 3.8) is 0 Å². The lowest BCUT2D eigenvalue weighted by Gasteiger charge is -2.04. The van der Waals surface area contributed by atoms with Gasteiger partial charge in [0, 0.05) is 5.57 Å². The molecule has 0 saturated carbocycles. The van der Waals surface area contributed by atoms with Crippen molar-refractivity contribution in [3.8, 4) is 0 Å². The lowest BCUT2D eigenvalue weighted by Crippen LogP contribution is -2.05. The lowest BCUT2D eigenvalue weighted by atomic mass is 10.1. The van der Waals surface area contributed by atoms with Crippen molar-refractivity contribution in [3.05, 3.63) is 25.0 Å². The summed E-state index contributed by atoms with van der Waals surface area (Å²) in [5.74, 6) is -0.270. The Kier molecular flexibility index (Phi) is 14.2. The molecule has 0 atom stereocenters. The number of carbonyl (C=O) groups excluding carboxylic acids is 1. The summed E-state index contributed by atoms with van der Waals surface area (Å²) in [6, 6.07) is 0. The van der Waals surface area contributed by atoms with Gasteiger partial charge in [0.15, 0.2) is 0 Å². The van der Waals surface area contributed by atoms with Crippen LogP contribution in [0, 0.1) is 0 Å². The van der Waals surface area contributed by atoms with Crippen LogP contribution < -0.4 is 0 Å². The molecule has 0 aliphatic rings. The molecule has 122 valence electrons. The minimum Gasteiger partial charge on any atom is -0.502 e. The molecule has 0 aromatic rings. The first-order valence-electron chi connectivity index (χ1n) is 8.23. The maximum absolute atomic E-state index is 11.1. The third-order valence-electron chi connectivity index (χ3n) is 3.36. The molecule has 0 amide bonds. The fraction of sp³-hybridized carbons (Fsp3) is 0.722. The van der Waals surface area contributed by atoms with Crippen LogP contribution in [0.25, 0.3) is 0 Å². The van der Waals surface area contributed by atoms with E-state index in [0.29, 0.717) is 12.2 Å². The van der Waals surface area contributed by atoms with Gasteiger partial charge in [0.2, 0.25) is 0 Å². The molecule has 0 rings (SSSR count). The Labute approximate surface area is 130 Å². The first-order valence-corrected chi connectivity index (χ1v) is 8.23. The van der Waals surface area contributed by atoms with Gasteiger partial charge in [0.25, 0.3) is 0 Å². The topological polar surface area (TPSA) is 35.5 Å². The molecule has 0 spiro atoms. The highest BCUT2D eigenvalue weighted by atomic mass is 16.5. The molecule has 0 radical (unpaired) electrons. The van der Waals surface area contributed by atoms with Crippen LogP contribution in [0.5, 0.6) is 0 Å². The number of ether oxygens (including phenoxy) is 2. The molecule has 0 aliphatic heterocycles. The van der Waals surface area contributed by atoms with Crippen LogP contribution in [-0.4, -0.2) is 19.2 Å². The molecule has 0 N–H and O–H groups in total. The van der Waals surface area contributed by atoms with E-state index < -0.39 is 0 Å². The highest BCUT2D eigenvalue weighted by Crippen LogP contribution is 2.10. The van der Waals surface area contributed by atoms with Crippen LogP contribution in [0.3, 0.4) is 0 Å². The van der Waals surface area contributed by atoms with Crippen LogP contribution in [0.15, 0.2) is 25.0 Å². The maximum Gasteiger partial charge on any atom is 0.333 e. The molecule has 3 heteroatoms. The average Bonchev–Trinajstić information content (AvgIpc) is 2.47. The summed E-state index contributed by atoms with van der Waals surface area (Å²) in [5, 5.41) is 0. The highest BCUT2D eigenvalue weighted by molar-refractivity contribution is 5.86. The number of hydrogen-bond donors (Lipinski definition) is 0. The Hall–Kier alpha value is -1.25. The smallest absolute Gasteiger partial charge is 0.333 e. The zero-order valence-electron chi connectivity index (χ0n) is 13.7. The molecule has 0 aromatic carbocycles. The standard InChI is InChI=1S/C18H32O3/c1-4-20-15-13-11-9-7-5-6-8-10-12-14-16-21-18(19)17(2)3/h4H,1-2,5-16H2,3H3. The minimum absolute atomic E-state index is 0.270. The molecule has 0 aliphatic carbocycles. The molecule has 0 fully saturated rings. The van der Waals surface area contributed by atoms with Crippen molar-refractivity contribution in [1.29, 1.82) is 0 Å². The van der Waals surface area contributed by atoms with Crippen molar-refractivity contribution in [2.24, 2.45) is 0 Å². The second kappa shape index (κ2) is 15.1. The zero-order valence-corrected chi connectivity index (χ0v) is 13.7. The fourth-order valence-electron chi connectivity index (χ4n) is 2.07. The summed E-state index contributed by atoms with van der Waals surface area (Å²) in [4.78, 5) is 11.1. The first kappa shape index (κ1) is 19.8. The van der Waals surface area contributed by atoms with E-state index in [4.69, 9.17) is 9.47 Å². The normalized spacial score (nSPS) is 10.1. The Morgan fingerprint density at radius 2 is 1.29 bits per heavy atom. The van der Waals surface area contributed by atoms with Gasteiger partial charge in [-0.25, -0.2) is 4.79 Å². The molecule has 0 bridgehead atoms. The molecule has 0 aromatic heterocycles. The SMILES string of the molecule is C=COCCCCCCCCCCCCOC(=O)C(=C)C. The quantitative estimate of drug-likeness (QED) is 0.181. The van der Waals surface area contributed by atoms with E-state index in [-0.39, 0.29) is 5.97 Å². The van der Waals surface area contributed by atoms with Gasteiger partial charge < -0.3 is 9.47 Å². The highest BCUT2D eigenvalue weighted by Gasteiger charge is 2.01.